The molecule has 2 heterocycles. The number of allylic oxidation sites excluding steroid dienone is 1. The van der Waals surface area contributed by atoms with Crippen LogP contribution in [0.2, 0.25) is 0 Å². The molecule has 0 aromatic carbocycles. The summed E-state index contributed by atoms with van der Waals surface area (Å²) in [6.45, 7) is 12.6. The fourth-order valence-electron chi connectivity index (χ4n) is 4.22. The molecular formula is C23H45N3O4S2. The summed E-state index contributed by atoms with van der Waals surface area (Å²) in [6.07, 6.45) is 3.31. The van der Waals surface area contributed by atoms with Crippen molar-refractivity contribution in [3.8, 4) is 0 Å². The van der Waals surface area contributed by atoms with Crippen LogP contribution in [0.4, 0.5) is 4.79 Å². The summed E-state index contributed by atoms with van der Waals surface area (Å²) in [5.41, 5.74) is -0.544. The maximum Gasteiger partial charge on any atom is 0.410 e. The van der Waals surface area contributed by atoms with Crippen molar-refractivity contribution < 1.29 is 19.1 Å². The molecule has 0 aromatic rings. The van der Waals surface area contributed by atoms with Gasteiger partial charge in [0.15, 0.2) is 11.6 Å². The van der Waals surface area contributed by atoms with Gasteiger partial charge in [-0.1, -0.05) is 26.8 Å². The third-order valence-corrected chi connectivity index (χ3v) is 5.99. The molecule has 0 saturated carbocycles. The molecule has 0 unspecified atom stereocenters. The smallest absolute Gasteiger partial charge is 0.410 e. The van der Waals surface area contributed by atoms with E-state index in [-0.39, 0.29) is 83.7 Å². The summed E-state index contributed by atoms with van der Waals surface area (Å²) in [5.74, 6) is -0.0411. The van der Waals surface area contributed by atoms with Gasteiger partial charge in [0, 0.05) is 25.0 Å². The van der Waals surface area contributed by atoms with Crippen LogP contribution in [0.5, 0.6) is 0 Å². The largest absolute Gasteiger partial charge is 0.445 e. The Morgan fingerprint density at radius 2 is 1.81 bits per heavy atom. The zero-order chi connectivity index (χ0) is 21.8. The highest BCUT2D eigenvalue weighted by molar-refractivity contribution is 7.59. The van der Waals surface area contributed by atoms with Gasteiger partial charge in [-0.15, -0.1) is 0 Å². The Hall–Kier alpha value is -1.03. The summed E-state index contributed by atoms with van der Waals surface area (Å²) in [7, 11) is 0. The van der Waals surface area contributed by atoms with Gasteiger partial charge in [0.2, 0.25) is 0 Å². The average molecular weight is 492 g/mol. The van der Waals surface area contributed by atoms with E-state index >= 15 is 0 Å². The summed E-state index contributed by atoms with van der Waals surface area (Å²) >= 11 is 0. The molecule has 2 atom stereocenters. The van der Waals surface area contributed by atoms with E-state index in [4.69, 9.17) is 4.74 Å². The van der Waals surface area contributed by atoms with Crippen LogP contribution in [0.1, 0.15) is 68.2 Å². The molecule has 1 fully saturated rings. The SMILES string of the molecule is C.CC1=CCOC(=O)N2CC[C@](NC(C)C)(C2)C(=O)CN[C@](C)(C(=O)C(C)C)CC1.S.S. The number of rotatable bonds is 4. The number of nitrogens with zero attached hydrogens (tertiary/aromatic N) is 1. The van der Waals surface area contributed by atoms with Gasteiger partial charge in [0.1, 0.15) is 6.61 Å². The summed E-state index contributed by atoms with van der Waals surface area (Å²) in [6, 6.07) is 0.0862. The highest BCUT2D eigenvalue weighted by Crippen LogP contribution is 2.26. The molecule has 2 rings (SSSR count). The number of cyclic esters (lactones) is 1. The number of nitrogens with one attached hydrogen (secondary N) is 2. The molecule has 0 spiro atoms. The molecule has 32 heavy (non-hydrogen) atoms. The molecular weight excluding hydrogens is 446 g/mol. The highest BCUT2D eigenvalue weighted by Gasteiger charge is 2.47. The van der Waals surface area contributed by atoms with E-state index in [1.165, 1.54) is 0 Å². The van der Waals surface area contributed by atoms with Crippen molar-refractivity contribution in [2.45, 2.75) is 85.4 Å². The number of amides is 1. The fourth-order valence-corrected chi connectivity index (χ4v) is 4.22. The lowest BCUT2D eigenvalue weighted by Crippen LogP contribution is -2.61. The monoisotopic (exact) mass is 491 g/mol. The Labute approximate surface area is 208 Å². The maximum absolute atomic E-state index is 13.3. The van der Waals surface area contributed by atoms with Gasteiger partial charge in [-0.25, -0.2) is 4.79 Å². The first kappa shape index (κ1) is 33.1. The van der Waals surface area contributed by atoms with Crippen LogP contribution in [-0.2, 0) is 14.3 Å². The predicted molar refractivity (Wildman–Crippen MR) is 140 cm³/mol. The molecule has 188 valence electrons. The van der Waals surface area contributed by atoms with Gasteiger partial charge >= 0.3 is 6.09 Å². The van der Waals surface area contributed by atoms with Crippen LogP contribution in [0.3, 0.4) is 0 Å². The normalized spacial score (nSPS) is 26.9. The van der Waals surface area contributed by atoms with Crippen LogP contribution >= 0.6 is 27.0 Å². The Bertz CT molecular complexity index is 684. The van der Waals surface area contributed by atoms with Crippen molar-refractivity contribution in [1.29, 1.82) is 0 Å². The summed E-state index contributed by atoms with van der Waals surface area (Å²) in [4.78, 5) is 40.3. The van der Waals surface area contributed by atoms with E-state index in [2.05, 4.69) is 10.6 Å². The van der Waals surface area contributed by atoms with Crippen molar-refractivity contribution in [2.24, 2.45) is 5.92 Å². The molecule has 2 bridgehead atoms. The molecule has 0 aromatic heterocycles. The lowest BCUT2D eigenvalue weighted by atomic mass is 9.83. The quantitative estimate of drug-likeness (QED) is 0.587. The lowest BCUT2D eigenvalue weighted by molar-refractivity contribution is -0.129. The molecule has 2 aliphatic rings. The zero-order valence-electron chi connectivity index (χ0n) is 19.8. The Morgan fingerprint density at radius 1 is 1.19 bits per heavy atom. The van der Waals surface area contributed by atoms with Crippen molar-refractivity contribution in [3.63, 3.8) is 0 Å². The van der Waals surface area contributed by atoms with Gasteiger partial charge in [0.25, 0.3) is 0 Å². The number of carbonyl (C=O) groups is 3. The second-order valence-corrected chi connectivity index (χ2v) is 9.31. The third kappa shape index (κ3) is 8.08. The standard InChI is InChI=1S/C22H37N3O4.CH4.2H2S/c1-15(2)19(27)21(6)9-7-17(5)8-12-29-20(28)25-11-10-22(14-25,24-16(3)4)18(26)13-23-21;;;/h8,15-16,23-24H,7,9-14H2,1-6H3;1H4;2*1H2/t21-,22-;;;/m0.../s1. The van der Waals surface area contributed by atoms with Crippen LogP contribution in [0, 0.1) is 5.92 Å². The Morgan fingerprint density at radius 3 is 2.38 bits per heavy atom. The van der Waals surface area contributed by atoms with Gasteiger partial charge in [-0.3, -0.25) is 14.9 Å². The molecule has 1 amide bonds. The fraction of sp³-hybridized carbons (Fsp3) is 0.783. The summed E-state index contributed by atoms with van der Waals surface area (Å²) < 4.78 is 5.40. The second-order valence-electron chi connectivity index (χ2n) is 9.31. The Kier molecular flexibility index (Phi) is 14.1. The zero-order valence-corrected chi connectivity index (χ0v) is 21.8. The van der Waals surface area contributed by atoms with E-state index in [1.54, 1.807) is 4.90 Å². The minimum atomic E-state index is -0.822. The molecule has 2 aliphatic heterocycles. The molecule has 0 radical (unpaired) electrons. The van der Waals surface area contributed by atoms with Gasteiger partial charge in [-0.2, -0.15) is 27.0 Å². The Balaban J connectivity index is 0. The van der Waals surface area contributed by atoms with Crippen molar-refractivity contribution in [1.82, 2.24) is 15.5 Å². The molecule has 1 saturated heterocycles. The predicted octanol–water partition coefficient (Wildman–Crippen LogP) is 3.31. The van der Waals surface area contributed by atoms with Crippen LogP contribution in [0.15, 0.2) is 11.6 Å². The molecule has 7 nitrogen and oxygen atoms in total. The first-order chi connectivity index (χ1) is 13.5. The third-order valence-electron chi connectivity index (χ3n) is 5.99. The lowest BCUT2D eigenvalue weighted by Gasteiger charge is -2.35. The number of ether oxygens (including phenoxy) is 1. The number of hydrogen-bond acceptors (Lipinski definition) is 6. The number of hydrogen-bond donors (Lipinski definition) is 2. The van der Waals surface area contributed by atoms with Gasteiger partial charge < -0.3 is 15.0 Å². The minimum absolute atomic E-state index is 0. The van der Waals surface area contributed by atoms with E-state index in [0.29, 0.717) is 25.8 Å². The van der Waals surface area contributed by atoms with E-state index < -0.39 is 11.1 Å². The van der Waals surface area contributed by atoms with Gasteiger partial charge in [0.05, 0.1) is 17.6 Å². The number of ketones is 2. The van der Waals surface area contributed by atoms with E-state index in [9.17, 15) is 14.4 Å². The first-order valence-electron chi connectivity index (χ1n) is 10.7. The van der Waals surface area contributed by atoms with E-state index in [1.807, 2.05) is 47.6 Å². The number of carbonyl (C=O) groups excluding carboxylic acids is 3. The van der Waals surface area contributed by atoms with Crippen LogP contribution in [-0.4, -0.2) is 65.9 Å². The maximum atomic E-state index is 13.3. The highest BCUT2D eigenvalue weighted by atomic mass is 32.1. The van der Waals surface area contributed by atoms with Gasteiger partial charge in [-0.05, 0) is 53.0 Å². The van der Waals surface area contributed by atoms with Crippen molar-refractivity contribution in [2.75, 3.05) is 26.2 Å². The van der Waals surface area contributed by atoms with Crippen LogP contribution in [0.25, 0.3) is 0 Å². The number of Topliss-reactive ketones (excluding diaryl/α,β-unsaturated/α-hetero) is 2. The van der Waals surface area contributed by atoms with E-state index in [0.717, 1.165) is 5.57 Å². The number of fused-ring (bicyclic) bond motifs is 2. The molecule has 0 aliphatic carbocycles. The molecule has 2 N–H and O–H groups in total. The molecule has 9 heteroatoms. The van der Waals surface area contributed by atoms with Crippen LogP contribution < -0.4 is 10.6 Å². The topological polar surface area (TPSA) is 87.7 Å². The second kappa shape index (κ2) is 13.6. The van der Waals surface area contributed by atoms with Crippen molar-refractivity contribution in [3.05, 3.63) is 11.6 Å². The minimum Gasteiger partial charge on any atom is -0.445 e. The first-order valence-corrected chi connectivity index (χ1v) is 10.7. The van der Waals surface area contributed by atoms with Crippen molar-refractivity contribution >= 4 is 44.7 Å². The summed E-state index contributed by atoms with van der Waals surface area (Å²) in [5, 5.41) is 6.68. The average Bonchev–Trinajstić information content (AvgIpc) is 3.07.